The van der Waals surface area contributed by atoms with Gasteiger partial charge in [-0.1, -0.05) is 6.58 Å². The lowest BCUT2D eigenvalue weighted by atomic mass is 10.4. The van der Waals surface area contributed by atoms with E-state index in [1.807, 2.05) is 0 Å². The third kappa shape index (κ3) is 90.9. The summed E-state index contributed by atoms with van der Waals surface area (Å²) in [5.41, 5.74) is 0.451. The molecule has 0 radical (unpaired) electrons. The number of hydrogen-bond donors (Lipinski definition) is 3. The third-order valence-electron chi connectivity index (χ3n) is 0.624. The Kier molecular flexibility index (Phi) is 41.0. The van der Waals surface area contributed by atoms with Crippen LogP contribution in [0.3, 0.4) is 0 Å². The van der Waals surface area contributed by atoms with E-state index in [0.717, 1.165) is 18.2 Å². The molecule has 8 heteroatoms. The van der Waals surface area contributed by atoms with Crippen LogP contribution in [0.2, 0.25) is 0 Å². The molecule has 0 saturated heterocycles. The minimum atomic E-state index is -0.312. The first-order valence-corrected chi connectivity index (χ1v) is 3.87. The minimum absolute atomic E-state index is 0.312. The molecule has 0 saturated carbocycles. The van der Waals surface area contributed by atoms with Gasteiger partial charge in [0.25, 0.3) is 0 Å². The number of hydrogen-bond acceptors (Lipinski definition) is 8. The number of ether oxygens (including phenoxy) is 1. The van der Waals surface area contributed by atoms with Crippen molar-refractivity contribution in [2.75, 3.05) is 6.61 Å². The van der Waals surface area contributed by atoms with Crippen molar-refractivity contribution in [3.05, 3.63) is 12.2 Å². The highest BCUT2D eigenvalue weighted by molar-refractivity contribution is 5.86. The zero-order valence-electron chi connectivity index (χ0n) is 9.46. The van der Waals surface area contributed by atoms with Crippen molar-refractivity contribution >= 4 is 24.2 Å². The summed E-state index contributed by atoms with van der Waals surface area (Å²) in [5, 5.41) is 16.2. The Balaban J connectivity index is -0.0000000784. The van der Waals surface area contributed by atoms with Gasteiger partial charge < -0.3 is 4.74 Å². The van der Waals surface area contributed by atoms with Gasteiger partial charge in [0, 0.05) is 5.57 Å². The van der Waals surface area contributed by atoms with E-state index >= 15 is 0 Å². The van der Waals surface area contributed by atoms with E-state index in [-0.39, 0.29) is 5.97 Å². The highest BCUT2D eigenvalue weighted by atomic mass is 16.5. The second-order valence-electron chi connectivity index (χ2n) is 1.81. The number of isocyanates is 3. The van der Waals surface area contributed by atoms with Gasteiger partial charge in [-0.05, 0) is 13.8 Å². The first-order valence-electron chi connectivity index (χ1n) is 3.87. The summed E-state index contributed by atoms with van der Waals surface area (Å²) >= 11 is 0. The zero-order valence-corrected chi connectivity index (χ0v) is 9.46. The Morgan fingerprint density at radius 3 is 1.41 bits per heavy atom. The maximum absolute atomic E-state index is 10.4. The number of rotatable bonds is 2. The van der Waals surface area contributed by atoms with Crippen molar-refractivity contribution in [2.45, 2.75) is 13.8 Å². The maximum atomic E-state index is 10.4. The van der Waals surface area contributed by atoms with Crippen LogP contribution < -0.4 is 0 Å². The molecule has 0 aliphatic carbocycles. The molecule has 0 aromatic heterocycles. The molecule has 8 nitrogen and oxygen atoms in total. The molecule has 0 aromatic carbocycles. The highest BCUT2D eigenvalue weighted by Crippen LogP contribution is 1.89. The second kappa shape index (κ2) is 29.2. The van der Waals surface area contributed by atoms with Crippen molar-refractivity contribution in [1.29, 1.82) is 16.2 Å². The first kappa shape index (κ1) is 23.9. The van der Waals surface area contributed by atoms with Gasteiger partial charge in [-0.25, -0.2) is 35.4 Å². The van der Waals surface area contributed by atoms with Crippen molar-refractivity contribution < 1.29 is 23.9 Å². The molecule has 0 amide bonds. The monoisotopic (exact) mass is 243 g/mol. The van der Waals surface area contributed by atoms with E-state index in [1.165, 1.54) is 0 Å². The smallest absolute Gasteiger partial charge is 0.333 e. The van der Waals surface area contributed by atoms with Crippen molar-refractivity contribution in [3.8, 4) is 0 Å². The zero-order chi connectivity index (χ0) is 14.7. The lowest BCUT2D eigenvalue weighted by Crippen LogP contribution is -2.03. The summed E-state index contributed by atoms with van der Waals surface area (Å²) in [4.78, 5) is 35.5. The highest BCUT2D eigenvalue weighted by Gasteiger charge is 1.98. The number of carbonyl (C=O) groups excluding carboxylic acids is 4. The normalized spacial score (nSPS) is 5.29. The average Bonchev–Trinajstić information content (AvgIpc) is 2.21. The molecule has 0 fully saturated rings. The predicted octanol–water partition coefficient (Wildman–Crippen LogP) is 0.829. The van der Waals surface area contributed by atoms with Crippen LogP contribution in [-0.2, 0) is 23.9 Å². The Labute approximate surface area is 97.8 Å². The topological polar surface area (TPSA) is 149 Å². The number of carbonyl (C=O) groups is 1. The minimum Gasteiger partial charge on any atom is -0.463 e. The van der Waals surface area contributed by atoms with E-state index in [1.54, 1.807) is 13.8 Å². The van der Waals surface area contributed by atoms with Crippen molar-refractivity contribution in [2.24, 2.45) is 0 Å². The van der Waals surface area contributed by atoms with Crippen molar-refractivity contribution in [1.82, 2.24) is 0 Å². The second-order valence-corrected chi connectivity index (χ2v) is 1.81. The fourth-order valence-corrected chi connectivity index (χ4v) is 0.254. The standard InChI is InChI=1S/C6H10O2.3CHNO/c1-4-8-6(7)5(2)3;3*2-1-3/h2,4H2,1,3H3;3*2H. The van der Waals surface area contributed by atoms with E-state index < -0.39 is 0 Å². The van der Waals surface area contributed by atoms with Gasteiger partial charge in [-0.2, -0.15) is 0 Å². The van der Waals surface area contributed by atoms with Gasteiger partial charge in [0.15, 0.2) is 0 Å². The van der Waals surface area contributed by atoms with Gasteiger partial charge in [0.05, 0.1) is 6.61 Å². The van der Waals surface area contributed by atoms with Gasteiger partial charge in [-0.15, -0.1) is 0 Å². The van der Waals surface area contributed by atoms with Crippen LogP contribution in [-0.4, -0.2) is 30.8 Å². The largest absolute Gasteiger partial charge is 0.463 e. The molecule has 0 atom stereocenters. The van der Waals surface area contributed by atoms with Crippen LogP contribution in [0.15, 0.2) is 12.2 Å². The Bertz CT molecular complexity index is 278. The predicted molar refractivity (Wildman–Crippen MR) is 56.7 cm³/mol. The third-order valence-corrected chi connectivity index (χ3v) is 0.624. The number of nitrogens with one attached hydrogen (secondary N) is 3. The van der Waals surface area contributed by atoms with Crippen LogP contribution in [0.25, 0.3) is 0 Å². The summed E-state index contributed by atoms with van der Waals surface area (Å²) in [7, 11) is 0. The van der Waals surface area contributed by atoms with Crippen LogP contribution in [0.5, 0.6) is 0 Å². The molecule has 94 valence electrons. The molecule has 0 bridgehead atoms. The summed E-state index contributed by atoms with van der Waals surface area (Å²) in [6.07, 6.45) is 2.25. The van der Waals surface area contributed by atoms with E-state index in [2.05, 4.69) is 11.3 Å². The molecular formula is C9H13N3O5. The van der Waals surface area contributed by atoms with E-state index in [0.29, 0.717) is 12.2 Å². The summed E-state index contributed by atoms with van der Waals surface area (Å²) in [6.45, 7) is 7.21. The molecule has 0 spiro atoms. The molecule has 17 heavy (non-hydrogen) atoms. The van der Waals surface area contributed by atoms with Gasteiger partial charge >= 0.3 is 5.97 Å². The molecule has 0 rings (SSSR count). The summed E-state index contributed by atoms with van der Waals surface area (Å²) in [6, 6.07) is 0. The number of esters is 1. The van der Waals surface area contributed by atoms with Gasteiger partial charge in [0.1, 0.15) is 0 Å². The van der Waals surface area contributed by atoms with E-state index in [4.69, 9.17) is 30.6 Å². The van der Waals surface area contributed by atoms with Crippen molar-refractivity contribution in [3.63, 3.8) is 0 Å². The molecule has 0 heterocycles. The van der Waals surface area contributed by atoms with Gasteiger partial charge in [-0.3, -0.25) is 0 Å². The lowest BCUT2D eigenvalue weighted by Gasteiger charge is -1.96. The van der Waals surface area contributed by atoms with Gasteiger partial charge in [0.2, 0.25) is 18.2 Å². The fourth-order valence-electron chi connectivity index (χ4n) is 0.254. The Morgan fingerprint density at radius 1 is 1.12 bits per heavy atom. The summed E-state index contributed by atoms with van der Waals surface area (Å²) in [5.74, 6) is -0.312. The first-order chi connectivity index (χ1) is 7.92. The summed E-state index contributed by atoms with van der Waals surface area (Å²) < 4.78 is 4.56. The van der Waals surface area contributed by atoms with Crippen LogP contribution in [0.4, 0.5) is 0 Å². The van der Waals surface area contributed by atoms with E-state index in [9.17, 15) is 4.79 Å². The molecule has 0 aromatic rings. The molecule has 0 aliphatic heterocycles. The quantitative estimate of drug-likeness (QED) is 0.284. The maximum Gasteiger partial charge on any atom is 0.333 e. The fraction of sp³-hybridized carbons (Fsp3) is 0.333. The molecule has 3 N–H and O–H groups in total. The lowest BCUT2D eigenvalue weighted by molar-refractivity contribution is -0.138. The average molecular weight is 243 g/mol. The van der Waals surface area contributed by atoms with Crippen LogP contribution >= 0.6 is 0 Å². The SMILES string of the molecule is C=C(C)C(=O)OCC.N=C=O.N=C=O.N=C=O. The molecular weight excluding hydrogens is 230 g/mol. The Hall–Kier alpha value is -2.65. The van der Waals surface area contributed by atoms with Crippen LogP contribution in [0.1, 0.15) is 13.8 Å². The van der Waals surface area contributed by atoms with Crippen LogP contribution in [0, 0.1) is 16.2 Å². The molecule has 0 unspecified atom stereocenters. The Morgan fingerprint density at radius 2 is 1.35 bits per heavy atom. The molecule has 0 aliphatic rings.